The number of amides is 2. The highest BCUT2D eigenvalue weighted by atomic mass is 16.3. The molecule has 1 aromatic carbocycles. The van der Waals surface area contributed by atoms with Crippen molar-refractivity contribution in [1.82, 2.24) is 9.88 Å². The molecule has 0 saturated heterocycles. The summed E-state index contributed by atoms with van der Waals surface area (Å²) in [5, 5.41) is 16.1. The van der Waals surface area contributed by atoms with E-state index in [4.69, 9.17) is 10.2 Å². The van der Waals surface area contributed by atoms with Crippen molar-refractivity contribution in [3.8, 4) is 0 Å². The molecule has 0 aliphatic carbocycles. The zero-order valence-corrected chi connectivity index (χ0v) is 17.2. The molecular weight excluding hydrogens is 398 g/mol. The van der Waals surface area contributed by atoms with Crippen LogP contribution in [0.25, 0.3) is 17.0 Å². The van der Waals surface area contributed by atoms with Crippen molar-refractivity contribution < 1.29 is 19.1 Å². The van der Waals surface area contributed by atoms with Gasteiger partial charge in [0, 0.05) is 43.4 Å². The summed E-state index contributed by atoms with van der Waals surface area (Å²) < 4.78 is 5.77. The molecule has 3 aromatic rings. The first-order valence-electron chi connectivity index (χ1n) is 9.76. The third-order valence-electron chi connectivity index (χ3n) is 5.18. The molecule has 4 rings (SSSR count). The van der Waals surface area contributed by atoms with Gasteiger partial charge in [0.25, 0.3) is 5.91 Å². The van der Waals surface area contributed by atoms with E-state index in [0.717, 1.165) is 16.7 Å². The van der Waals surface area contributed by atoms with Crippen LogP contribution in [-0.2, 0) is 16.1 Å². The fourth-order valence-electron chi connectivity index (χ4n) is 3.42. The maximum Gasteiger partial charge on any atom is 0.256 e. The van der Waals surface area contributed by atoms with Gasteiger partial charge >= 0.3 is 0 Å². The van der Waals surface area contributed by atoms with Crippen LogP contribution < -0.4 is 16.4 Å². The average molecular weight is 421 g/mol. The highest BCUT2D eigenvalue weighted by Gasteiger charge is 2.21. The van der Waals surface area contributed by atoms with E-state index in [1.807, 2.05) is 19.1 Å². The quantitative estimate of drug-likeness (QED) is 0.374. The molecule has 3 heterocycles. The Hall–Kier alpha value is -3.85. The number of carbonyl (C=O) groups excluding carboxylic acids is 2. The van der Waals surface area contributed by atoms with Gasteiger partial charge in [-0.15, -0.1) is 0 Å². The van der Waals surface area contributed by atoms with E-state index in [9.17, 15) is 14.7 Å². The predicted molar refractivity (Wildman–Crippen MR) is 118 cm³/mol. The number of aliphatic hydroxyl groups is 1. The number of aromatic nitrogens is 1. The lowest BCUT2D eigenvalue weighted by molar-refractivity contribution is -0.125. The van der Waals surface area contributed by atoms with E-state index >= 15 is 0 Å². The van der Waals surface area contributed by atoms with Crippen LogP contribution in [0.3, 0.4) is 0 Å². The molecule has 0 radical (unpaired) electrons. The molecule has 0 bridgehead atoms. The minimum absolute atomic E-state index is 0.0812. The van der Waals surface area contributed by atoms with Crippen LogP contribution in [0.5, 0.6) is 0 Å². The second-order valence-electron chi connectivity index (χ2n) is 7.44. The Morgan fingerprint density at radius 3 is 3.06 bits per heavy atom. The molecule has 2 aromatic heterocycles. The lowest BCUT2D eigenvalue weighted by atomic mass is 10.1. The number of nitrogens with zero attached hydrogens (tertiary/aromatic N) is 2. The van der Waals surface area contributed by atoms with Gasteiger partial charge in [-0.25, -0.2) is 4.98 Å². The average Bonchev–Trinajstić information content (AvgIpc) is 2.99. The van der Waals surface area contributed by atoms with E-state index in [1.54, 1.807) is 36.4 Å². The number of nitrogens with one attached hydrogen (secondary N) is 2. The zero-order chi connectivity index (χ0) is 22.1. The number of hydrogen-bond acceptors (Lipinski definition) is 7. The van der Waals surface area contributed by atoms with Crippen LogP contribution in [0, 0.1) is 6.92 Å². The number of nitrogens with two attached hydrogens (primary N) is 1. The molecule has 0 spiro atoms. The highest BCUT2D eigenvalue weighted by molar-refractivity contribution is 5.98. The Morgan fingerprint density at radius 1 is 1.45 bits per heavy atom. The molecule has 160 valence electrons. The largest absolute Gasteiger partial charge is 0.459 e. The number of anilines is 3. The number of benzene rings is 1. The molecular formula is C22H23N5O4. The second-order valence-corrected chi connectivity index (χ2v) is 7.44. The predicted octanol–water partition coefficient (Wildman–Crippen LogP) is 2.12. The van der Waals surface area contributed by atoms with Crippen LogP contribution in [0.4, 0.5) is 17.2 Å². The molecule has 9 heteroatoms. The fraction of sp³-hybridized carbons (Fsp3) is 0.227. The van der Waals surface area contributed by atoms with Gasteiger partial charge in [0.1, 0.15) is 11.9 Å². The van der Waals surface area contributed by atoms with Gasteiger partial charge in [0.15, 0.2) is 11.4 Å². The number of carbonyl (C=O) groups is 2. The van der Waals surface area contributed by atoms with Gasteiger partial charge in [0.05, 0.1) is 11.4 Å². The highest BCUT2D eigenvalue weighted by Crippen LogP contribution is 2.30. The van der Waals surface area contributed by atoms with Gasteiger partial charge in [-0.3, -0.25) is 9.59 Å². The Labute approximate surface area is 178 Å². The lowest BCUT2D eigenvalue weighted by Crippen LogP contribution is -2.30. The molecule has 31 heavy (non-hydrogen) atoms. The van der Waals surface area contributed by atoms with Crippen molar-refractivity contribution in [2.24, 2.45) is 0 Å². The molecule has 5 N–H and O–H groups in total. The van der Waals surface area contributed by atoms with E-state index in [-0.39, 0.29) is 12.5 Å². The summed E-state index contributed by atoms with van der Waals surface area (Å²) in [7, 11) is 1.71. The Balaban J connectivity index is 1.48. The summed E-state index contributed by atoms with van der Waals surface area (Å²) in [4.78, 5) is 30.1. The van der Waals surface area contributed by atoms with Crippen LogP contribution in [0.2, 0.25) is 0 Å². The molecule has 0 fully saturated rings. The van der Waals surface area contributed by atoms with Gasteiger partial charge in [0.2, 0.25) is 5.91 Å². The van der Waals surface area contributed by atoms with E-state index in [1.165, 1.54) is 6.08 Å². The molecule has 1 aliphatic heterocycles. The van der Waals surface area contributed by atoms with Crippen LogP contribution in [-0.4, -0.2) is 46.5 Å². The van der Waals surface area contributed by atoms with Crippen LogP contribution in [0.1, 0.15) is 16.9 Å². The Bertz CT molecular complexity index is 1200. The summed E-state index contributed by atoms with van der Waals surface area (Å²) >= 11 is 0. The SMILES string of the molecule is Cc1oc2c(N)cccc2c1CN(C)C(=O)/C=C/c1cnc2c(c1)NCC(O)C(=O)N2. The van der Waals surface area contributed by atoms with Gasteiger partial charge in [-0.2, -0.15) is 0 Å². The number of pyridine rings is 1. The summed E-state index contributed by atoms with van der Waals surface area (Å²) in [6, 6.07) is 7.32. The number of aliphatic hydroxyl groups excluding tert-OH is 1. The maximum absolute atomic E-state index is 12.6. The molecule has 9 nitrogen and oxygen atoms in total. The van der Waals surface area contributed by atoms with Crippen molar-refractivity contribution in [1.29, 1.82) is 0 Å². The number of fused-ring (bicyclic) bond motifs is 2. The number of rotatable bonds is 4. The zero-order valence-electron chi connectivity index (χ0n) is 17.2. The lowest BCUT2D eigenvalue weighted by Gasteiger charge is -2.15. The van der Waals surface area contributed by atoms with Crippen molar-refractivity contribution in [2.45, 2.75) is 19.6 Å². The minimum Gasteiger partial charge on any atom is -0.459 e. The fourth-order valence-corrected chi connectivity index (χ4v) is 3.42. The smallest absolute Gasteiger partial charge is 0.256 e. The second kappa shape index (κ2) is 8.11. The van der Waals surface area contributed by atoms with Crippen LogP contribution in [0.15, 0.2) is 41.0 Å². The van der Waals surface area contributed by atoms with Crippen LogP contribution >= 0.6 is 0 Å². The third kappa shape index (κ3) is 4.08. The molecule has 1 aliphatic rings. The summed E-state index contributed by atoms with van der Waals surface area (Å²) in [6.45, 7) is 2.31. The number of likely N-dealkylation sites (N-methyl/N-ethyl adjacent to an activating group) is 1. The van der Waals surface area contributed by atoms with Crippen molar-refractivity contribution in [2.75, 3.05) is 30.0 Å². The summed E-state index contributed by atoms with van der Waals surface area (Å²) in [5.41, 5.74) is 9.34. The number of β-amino-alcohol motifs (C(OH)–C–C–N with tert-alkyl or cyclic N) is 1. The number of nitrogen functional groups attached to an aromatic ring is 1. The summed E-state index contributed by atoms with van der Waals surface area (Å²) in [6.07, 6.45) is 3.49. The van der Waals surface area contributed by atoms with Gasteiger partial charge in [-0.05, 0) is 30.7 Å². The maximum atomic E-state index is 12.6. The first kappa shape index (κ1) is 20.4. The number of para-hydroxylation sites is 1. The normalized spacial score (nSPS) is 16.0. The number of hydrogen-bond donors (Lipinski definition) is 4. The van der Waals surface area contributed by atoms with E-state index < -0.39 is 12.0 Å². The summed E-state index contributed by atoms with van der Waals surface area (Å²) in [5.74, 6) is 0.359. The Morgan fingerprint density at radius 2 is 2.26 bits per heavy atom. The van der Waals surface area contributed by atoms with Crippen molar-refractivity contribution >= 4 is 46.1 Å². The number of furan rings is 1. The molecule has 2 amide bonds. The van der Waals surface area contributed by atoms with Gasteiger partial charge < -0.3 is 30.8 Å². The minimum atomic E-state index is -1.15. The number of aryl methyl sites for hydroxylation is 1. The molecule has 1 unspecified atom stereocenters. The van der Waals surface area contributed by atoms with E-state index in [2.05, 4.69) is 15.6 Å². The topological polar surface area (TPSA) is 134 Å². The monoisotopic (exact) mass is 421 g/mol. The van der Waals surface area contributed by atoms with E-state index in [0.29, 0.717) is 34.9 Å². The standard InChI is InChI=1S/C22H23N5O4/c1-12-15(14-4-3-5-16(23)20(14)31-12)11-27(2)19(29)7-6-13-8-17-21(25-9-13)26-22(30)18(28)10-24-17/h3-9,18,24,28H,10-11,23H2,1-2H3,(H,25,26,30)/b7-6+. The molecule has 1 atom stereocenters. The first-order valence-corrected chi connectivity index (χ1v) is 9.76. The third-order valence-corrected chi connectivity index (χ3v) is 5.18. The molecule has 0 saturated carbocycles. The Kier molecular flexibility index (Phi) is 5.35. The van der Waals surface area contributed by atoms with Crippen molar-refractivity contribution in [3.63, 3.8) is 0 Å². The van der Waals surface area contributed by atoms with Gasteiger partial charge in [-0.1, -0.05) is 12.1 Å². The van der Waals surface area contributed by atoms with Crippen molar-refractivity contribution in [3.05, 3.63) is 53.4 Å². The first-order chi connectivity index (χ1) is 14.8.